The van der Waals surface area contributed by atoms with Crippen LogP contribution < -0.4 is 5.73 Å². The maximum atomic E-state index is 11.7. The van der Waals surface area contributed by atoms with Crippen LogP contribution in [0.15, 0.2) is 54.6 Å². The fourth-order valence-electron chi connectivity index (χ4n) is 4.05. The number of ether oxygens (including phenoxy) is 1. The minimum atomic E-state index is -1.10. The Morgan fingerprint density at radius 2 is 1.50 bits per heavy atom. The summed E-state index contributed by atoms with van der Waals surface area (Å²) >= 11 is 0. The number of carboxylic acid groups (broad SMARTS) is 1. The van der Waals surface area contributed by atoms with Crippen molar-refractivity contribution in [3.8, 4) is 0 Å². The van der Waals surface area contributed by atoms with Gasteiger partial charge in [0.2, 0.25) is 0 Å². The van der Waals surface area contributed by atoms with Crippen molar-refractivity contribution in [2.24, 2.45) is 5.73 Å². The minimum Gasteiger partial charge on any atom is -0.480 e. The van der Waals surface area contributed by atoms with Crippen molar-refractivity contribution in [1.82, 2.24) is 0 Å². The zero-order chi connectivity index (χ0) is 21.1. The first kappa shape index (κ1) is 20.1. The van der Waals surface area contributed by atoms with Gasteiger partial charge in [-0.15, -0.1) is 0 Å². The zero-order valence-corrected chi connectivity index (χ0v) is 16.8. The van der Waals surface area contributed by atoms with Gasteiger partial charge in [-0.25, -0.2) is 0 Å². The number of carbonyl (C=O) groups is 2. The third-order valence-electron chi connectivity index (χ3n) is 5.62. The average molecular weight is 403 g/mol. The van der Waals surface area contributed by atoms with Gasteiger partial charge in [-0.3, -0.25) is 9.59 Å². The molecule has 0 saturated carbocycles. The van der Waals surface area contributed by atoms with E-state index in [1.165, 1.54) is 37.9 Å². The fourth-order valence-corrected chi connectivity index (χ4v) is 4.05. The number of benzene rings is 4. The number of aliphatic carboxylic acids is 1. The summed E-state index contributed by atoms with van der Waals surface area (Å²) in [5, 5.41) is 16.4. The molecule has 0 aromatic heterocycles. The molecule has 4 rings (SSSR count). The van der Waals surface area contributed by atoms with E-state index in [9.17, 15) is 9.59 Å². The van der Waals surface area contributed by atoms with Crippen molar-refractivity contribution in [3.05, 3.63) is 60.2 Å². The summed E-state index contributed by atoms with van der Waals surface area (Å²) in [5.41, 5.74) is 6.67. The second kappa shape index (κ2) is 8.67. The topological polar surface area (TPSA) is 89.6 Å². The molecular formula is C25H25NO4. The molecule has 4 aromatic carbocycles. The number of rotatable bonds is 9. The average Bonchev–Trinajstić information content (AvgIpc) is 2.75. The fraction of sp³-hybridized carbons (Fsp3) is 0.280. The van der Waals surface area contributed by atoms with Crippen molar-refractivity contribution in [3.63, 3.8) is 0 Å². The molecule has 0 amide bonds. The Kier molecular flexibility index (Phi) is 5.81. The predicted octanol–water partition coefficient (Wildman–Crippen LogP) is 4.64. The number of hydrogen-bond donors (Lipinski definition) is 2. The quantitative estimate of drug-likeness (QED) is 0.241. The predicted molar refractivity (Wildman–Crippen MR) is 119 cm³/mol. The molecule has 0 saturated heterocycles. The smallest absolute Gasteiger partial charge is 0.320 e. The second-order valence-corrected chi connectivity index (χ2v) is 7.79. The van der Waals surface area contributed by atoms with Crippen molar-refractivity contribution < 1.29 is 19.4 Å². The van der Waals surface area contributed by atoms with Crippen molar-refractivity contribution in [2.45, 2.75) is 38.1 Å². The second-order valence-electron chi connectivity index (χ2n) is 7.79. The standard InChI is InChI=1S/C25H25NO4/c26-21(25(28)29)11-12-22(27)30-13-2-1-4-16-14-19-9-7-17-5-3-6-18-8-10-20(15-16)24(19)23(17)18/h3,5-10,14-15,21H,1-2,4,11-13,26H2,(H,28,29)/t21-/m0/s1. The molecule has 0 aliphatic heterocycles. The Bertz CT molecular complexity index is 1140. The molecule has 3 N–H and O–H groups in total. The van der Waals surface area contributed by atoms with E-state index in [1.807, 2.05) is 0 Å². The molecule has 4 aromatic rings. The number of carbonyl (C=O) groups excluding carboxylic acids is 1. The monoisotopic (exact) mass is 403 g/mol. The highest BCUT2D eigenvalue weighted by atomic mass is 16.5. The number of esters is 1. The maximum Gasteiger partial charge on any atom is 0.320 e. The number of nitrogens with two attached hydrogens (primary N) is 1. The molecule has 0 fully saturated rings. The first-order valence-corrected chi connectivity index (χ1v) is 10.3. The molecule has 0 aliphatic carbocycles. The largest absolute Gasteiger partial charge is 0.480 e. The third-order valence-corrected chi connectivity index (χ3v) is 5.62. The Hall–Kier alpha value is -3.18. The van der Waals surface area contributed by atoms with Gasteiger partial charge in [0.05, 0.1) is 6.61 Å². The molecule has 5 heteroatoms. The van der Waals surface area contributed by atoms with Gasteiger partial charge in [-0.2, -0.15) is 0 Å². The summed E-state index contributed by atoms with van der Waals surface area (Å²) in [5.74, 6) is -1.49. The molecule has 5 nitrogen and oxygen atoms in total. The number of hydrogen-bond acceptors (Lipinski definition) is 4. The molecule has 0 radical (unpaired) electrons. The van der Waals surface area contributed by atoms with Crippen LogP contribution in [0.5, 0.6) is 0 Å². The van der Waals surface area contributed by atoms with Crippen LogP contribution in [0.1, 0.15) is 31.2 Å². The van der Waals surface area contributed by atoms with Crippen LogP contribution >= 0.6 is 0 Å². The molecule has 0 heterocycles. The molecular weight excluding hydrogens is 378 g/mol. The van der Waals surface area contributed by atoms with Gasteiger partial charge in [0.25, 0.3) is 0 Å². The van der Waals surface area contributed by atoms with Crippen LogP contribution in [-0.4, -0.2) is 29.7 Å². The van der Waals surface area contributed by atoms with E-state index < -0.39 is 18.0 Å². The van der Waals surface area contributed by atoms with Crippen molar-refractivity contribution in [1.29, 1.82) is 0 Å². The van der Waals surface area contributed by atoms with E-state index in [0.29, 0.717) is 6.61 Å². The van der Waals surface area contributed by atoms with Gasteiger partial charge in [-0.05, 0) is 63.6 Å². The molecule has 0 spiro atoms. The number of unbranched alkanes of at least 4 members (excludes halogenated alkanes) is 1. The van der Waals surface area contributed by atoms with Gasteiger partial charge in [0.15, 0.2) is 0 Å². The van der Waals surface area contributed by atoms with Crippen molar-refractivity contribution in [2.75, 3.05) is 6.61 Å². The summed E-state index contributed by atoms with van der Waals surface area (Å²) in [7, 11) is 0. The summed E-state index contributed by atoms with van der Waals surface area (Å²) < 4.78 is 5.18. The molecule has 1 atom stereocenters. The molecule has 0 unspecified atom stereocenters. The van der Waals surface area contributed by atoms with E-state index in [2.05, 4.69) is 54.6 Å². The number of aryl methyl sites for hydroxylation is 1. The van der Waals surface area contributed by atoms with Gasteiger partial charge in [0, 0.05) is 6.42 Å². The van der Waals surface area contributed by atoms with Crippen LogP contribution in [-0.2, 0) is 20.7 Å². The van der Waals surface area contributed by atoms with Crippen molar-refractivity contribution >= 4 is 44.3 Å². The lowest BCUT2D eigenvalue weighted by atomic mass is 9.92. The van der Waals surface area contributed by atoms with E-state index in [4.69, 9.17) is 15.6 Å². The summed E-state index contributed by atoms with van der Waals surface area (Å²) in [4.78, 5) is 22.3. The lowest BCUT2D eigenvalue weighted by molar-refractivity contribution is -0.144. The van der Waals surface area contributed by atoms with Gasteiger partial charge < -0.3 is 15.6 Å². The number of carboxylic acids is 1. The maximum absolute atomic E-state index is 11.7. The van der Waals surface area contributed by atoms with Gasteiger partial charge in [-0.1, -0.05) is 54.6 Å². The van der Waals surface area contributed by atoms with E-state index >= 15 is 0 Å². The van der Waals surface area contributed by atoms with Crippen LogP contribution in [0.2, 0.25) is 0 Å². The first-order chi connectivity index (χ1) is 14.5. The summed E-state index contributed by atoms with van der Waals surface area (Å²) in [6, 6.07) is 18.7. The molecule has 0 aliphatic rings. The van der Waals surface area contributed by atoms with Gasteiger partial charge in [0.1, 0.15) is 6.04 Å². The Morgan fingerprint density at radius 3 is 2.13 bits per heavy atom. The minimum absolute atomic E-state index is 0.0315. The summed E-state index contributed by atoms with van der Waals surface area (Å²) in [6.45, 7) is 0.343. The SMILES string of the molecule is N[C@@H](CCC(=O)OCCCCc1cc2ccc3cccc4ccc(c1)c2c34)C(=O)O. The Labute approximate surface area is 174 Å². The van der Waals surface area contributed by atoms with Crippen LogP contribution in [0.25, 0.3) is 32.3 Å². The van der Waals surface area contributed by atoms with Gasteiger partial charge >= 0.3 is 11.9 Å². The highest BCUT2D eigenvalue weighted by Gasteiger charge is 2.14. The highest BCUT2D eigenvalue weighted by Crippen LogP contribution is 2.35. The first-order valence-electron chi connectivity index (χ1n) is 10.3. The Balaban J connectivity index is 1.34. The van der Waals surface area contributed by atoms with E-state index in [0.717, 1.165) is 19.3 Å². The highest BCUT2D eigenvalue weighted by molar-refractivity contribution is 6.23. The third kappa shape index (κ3) is 4.21. The lowest BCUT2D eigenvalue weighted by Crippen LogP contribution is -2.30. The summed E-state index contributed by atoms with van der Waals surface area (Å²) in [6.07, 6.45) is 2.72. The van der Waals surface area contributed by atoms with E-state index in [1.54, 1.807) is 0 Å². The van der Waals surface area contributed by atoms with Crippen LogP contribution in [0, 0.1) is 0 Å². The normalized spacial score (nSPS) is 12.6. The molecule has 0 bridgehead atoms. The van der Waals surface area contributed by atoms with Crippen LogP contribution in [0.3, 0.4) is 0 Å². The van der Waals surface area contributed by atoms with Crippen LogP contribution in [0.4, 0.5) is 0 Å². The molecule has 30 heavy (non-hydrogen) atoms. The Morgan fingerprint density at radius 1 is 0.900 bits per heavy atom. The lowest BCUT2D eigenvalue weighted by Gasteiger charge is -2.12. The van der Waals surface area contributed by atoms with E-state index in [-0.39, 0.29) is 12.8 Å². The zero-order valence-electron chi connectivity index (χ0n) is 16.8. The molecule has 154 valence electrons.